The summed E-state index contributed by atoms with van der Waals surface area (Å²) in [6.45, 7) is 3.01. The fourth-order valence-corrected chi connectivity index (χ4v) is 4.05. The van der Waals surface area contributed by atoms with Gasteiger partial charge in [-0.25, -0.2) is 14.8 Å². The number of nitrogens with one attached hydrogen (secondary N) is 2. The van der Waals surface area contributed by atoms with Gasteiger partial charge in [0.2, 0.25) is 0 Å². The molecule has 2 atom stereocenters. The van der Waals surface area contributed by atoms with Crippen molar-refractivity contribution >= 4 is 6.03 Å². The van der Waals surface area contributed by atoms with Gasteiger partial charge >= 0.3 is 6.03 Å². The van der Waals surface area contributed by atoms with Crippen molar-refractivity contribution in [1.29, 1.82) is 0 Å². The number of fused-ring (bicyclic) bond motifs is 2. The summed E-state index contributed by atoms with van der Waals surface area (Å²) < 4.78 is 0. The number of hydrogen-bond donors (Lipinski definition) is 2. The number of amides is 2. The van der Waals surface area contributed by atoms with Crippen molar-refractivity contribution in [2.75, 3.05) is 6.54 Å². The highest BCUT2D eigenvalue weighted by atomic mass is 16.2. The Balaban J connectivity index is 1.27. The summed E-state index contributed by atoms with van der Waals surface area (Å²) >= 11 is 0. The number of benzene rings is 1. The molecule has 1 fully saturated rings. The highest BCUT2D eigenvalue weighted by Crippen LogP contribution is 2.61. The highest BCUT2D eigenvalue weighted by molar-refractivity contribution is 5.73. The first-order valence-electron chi connectivity index (χ1n) is 8.56. The Morgan fingerprint density at radius 1 is 1.29 bits per heavy atom. The fraction of sp³-hybridized carbons (Fsp3) is 0.421. The lowest BCUT2D eigenvalue weighted by atomic mass is 9.95. The maximum absolute atomic E-state index is 12.0. The second-order valence-electron chi connectivity index (χ2n) is 6.87. The normalized spacial score (nSPS) is 23.8. The molecule has 5 heteroatoms. The second kappa shape index (κ2) is 5.89. The molecule has 1 heterocycles. The van der Waals surface area contributed by atoms with E-state index in [9.17, 15) is 4.79 Å². The molecular formula is C19H22N4O. The predicted molar refractivity (Wildman–Crippen MR) is 91.6 cm³/mol. The zero-order valence-electron chi connectivity index (χ0n) is 13.9. The predicted octanol–water partition coefficient (Wildman–Crippen LogP) is 2.49. The molecule has 1 spiro atoms. The molecule has 0 radical (unpaired) electrons. The third-order valence-electron chi connectivity index (χ3n) is 5.40. The molecule has 0 aliphatic heterocycles. The maximum Gasteiger partial charge on any atom is 0.315 e. The third kappa shape index (κ3) is 2.75. The summed E-state index contributed by atoms with van der Waals surface area (Å²) in [6, 6.07) is 10.4. The van der Waals surface area contributed by atoms with Gasteiger partial charge in [-0.3, -0.25) is 0 Å². The number of aromatic nitrogens is 2. The molecule has 1 aromatic heterocycles. The van der Waals surface area contributed by atoms with Gasteiger partial charge in [0.05, 0.1) is 12.2 Å². The standard InChI is InChI=1S/C19H22N4O/c1-13-20-9-7-16(23-13)12-22-18(24)21-11-15-10-19(15)8-6-14-4-2-3-5-17(14)19/h2-5,7,9,15H,6,8,10-12H2,1H3,(H2,21,22,24)/t15-,19+/m0/s1. The SMILES string of the molecule is Cc1nccc(CNC(=O)NC[C@@H]2C[C@]23CCc2ccccc23)n1. The molecule has 4 rings (SSSR count). The van der Waals surface area contributed by atoms with Crippen LogP contribution in [0.3, 0.4) is 0 Å². The molecule has 1 saturated carbocycles. The van der Waals surface area contributed by atoms with Gasteiger partial charge in [-0.05, 0) is 49.3 Å². The molecule has 5 nitrogen and oxygen atoms in total. The van der Waals surface area contributed by atoms with E-state index in [0.29, 0.717) is 17.9 Å². The number of carbonyl (C=O) groups excluding carboxylic acids is 1. The second-order valence-corrected chi connectivity index (χ2v) is 6.87. The highest BCUT2D eigenvalue weighted by Gasteiger charge is 2.57. The molecule has 2 aliphatic carbocycles. The van der Waals surface area contributed by atoms with E-state index in [1.807, 2.05) is 13.0 Å². The van der Waals surface area contributed by atoms with Gasteiger partial charge in [0, 0.05) is 18.2 Å². The fourth-order valence-electron chi connectivity index (χ4n) is 4.05. The van der Waals surface area contributed by atoms with E-state index < -0.39 is 0 Å². The van der Waals surface area contributed by atoms with E-state index in [2.05, 4.69) is 44.9 Å². The van der Waals surface area contributed by atoms with Gasteiger partial charge in [0.15, 0.2) is 0 Å². The van der Waals surface area contributed by atoms with Crippen LogP contribution in [0.1, 0.15) is 35.5 Å². The monoisotopic (exact) mass is 322 g/mol. The lowest BCUT2D eigenvalue weighted by molar-refractivity contribution is 0.239. The quantitative estimate of drug-likeness (QED) is 0.909. The summed E-state index contributed by atoms with van der Waals surface area (Å²) in [5.74, 6) is 1.28. The van der Waals surface area contributed by atoms with Crippen molar-refractivity contribution in [3.63, 3.8) is 0 Å². The number of aryl methyl sites for hydroxylation is 2. The van der Waals surface area contributed by atoms with Gasteiger partial charge in [-0.15, -0.1) is 0 Å². The van der Waals surface area contributed by atoms with Crippen LogP contribution < -0.4 is 10.6 Å². The van der Waals surface area contributed by atoms with Crippen LogP contribution in [0.2, 0.25) is 0 Å². The summed E-state index contributed by atoms with van der Waals surface area (Å²) in [6.07, 6.45) is 5.30. The van der Waals surface area contributed by atoms with Crippen molar-refractivity contribution in [1.82, 2.24) is 20.6 Å². The van der Waals surface area contributed by atoms with Crippen LogP contribution >= 0.6 is 0 Å². The number of rotatable bonds is 4. The maximum atomic E-state index is 12.0. The first-order valence-corrected chi connectivity index (χ1v) is 8.56. The smallest absolute Gasteiger partial charge is 0.315 e. The van der Waals surface area contributed by atoms with Crippen LogP contribution in [0.4, 0.5) is 4.79 Å². The molecule has 2 N–H and O–H groups in total. The Bertz CT molecular complexity index is 775. The van der Waals surface area contributed by atoms with Crippen LogP contribution in [0, 0.1) is 12.8 Å². The minimum Gasteiger partial charge on any atom is -0.338 e. The molecule has 24 heavy (non-hydrogen) atoms. The molecule has 2 amide bonds. The average molecular weight is 322 g/mol. The molecule has 124 valence electrons. The van der Waals surface area contributed by atoms with Crippen LogP contribution in [0.15, 0.2) is 36.5 Å². The van der Waals surface area contributed by atoms with E-state index >= 15 is 0 Å². The van der Waals surface area contributed by atoms with E-state index in [1.54, 1.807) is 6.20 Å². The topological polar surface area (TPSA) is 66.9 Å². The van der Waals surface area contributed by atoms with E-state index in [4.69, 9.17) is 0 Å². The van der Waals surface area contributed by atoms with Crippen molar-refractivity contribution in [2.45, 2.75) is 38.1 Å². The van der Waals surface area contributed by atoms with Crippen molar-refractivity contribution < 1.29 is 4.79 Å². The van der Waals surface area contributed by atoms with Gasteiger partial charge in [0.25, 0.3) is 0 Å². The Hall–Kier alpha value is -2.43. The van der Waals surface area contributed by atoms with Crippen LogP contribution in [0.25, 0.3) is 0 Å². The summed E-state index contributed by atoms with van der Waals surface area (Å²) in [7, 11) is 0. The minimum absolute atomic E-state index is 0.125. The molecule has 0 saturated heterocycles. The van der Waals surface area contributed by atoms with Crippen LogP contribution in [-0.2, 0) is 18.4 Å². The largest absolute Gasteiger partial charge is 0.338 e. The zero-order chi connectivity index (χ0) is 16.6. The lowest BCUT2D eigenvalue weighted by Crippen LogP contribution is -2.37. The van der Waals surface area contributed by atoms with Gasteiger partial charge in [-0.1, -0.05) is 24.3 Å². The van der Waals surface area contributed by atoms with E-state index in [-0.39, 0.29) is 6.03 Å². The summed E-state index contributed by atoms with van der Waals surface area (Å²) in [5, 5.41) is 5.89. The van der Waals surface area contributed by atoms with E-state index in [0.717, 1.165) is 18.1 Å². The van der Waals surface area contributed by atoms with Crippen molar-refractivity contribution in [2.24, 2.45) is 5.92 Å². The number of hydrogen-bond acceptors (Lipinski definition) is 3. The van der Waals surface area contributed by atoms with Gasteiger partial charge in [-0.2, -0.15) is 0 Å². The van der Waals surface area contributed by atoms with E-state index in [1.165, 1.54) is 30.4 Å². The Kier molecular flexibility index (Phi) is 3.71. The molecule has 2 aromatic rings. The van der Waals surface area contributed by atoms with Gasteiger partial charge in [0.1, 0.15) is 5.82 Å². The summed E-state index contributed by atoms with van der Waals surface area (Å²) in [4.78, 5) is 20.4. The summed E-state index contributed by atoms with van der Waals surface area (Å²) in [5.41, 5.74) is 4.15. The molecule has 1 aromatic carbocycles. The Morgan fingerprint density at radius 3 is 3.04 bits per heavy atom. The van der Waals surface area contributed by atoms with Crippen LogP contribution in [-0.4, -0.2) is 22.5 Å². The Labute approximate surface area is 141 Å². The minimum atomic E-state index is -0.125. The number of carbonyl (C=O) groups is 1. The lowest BCUT2D eigenvalue weighted by Gasteiger charge is -2.12. The molecule has 2 aliphatic rings. The first-order chi connectivity index (χ1) is 11.7. The number of nitrogens with zero attached hydrogens (tertiary/aromatic N) is 2. The van der Waals surface area contributed by atoms with Crippen molar-refractivity contribution in [3.8, 4) is 0 Å². The first kappa shape index (κ1) is 15.1. The third-order valence-corrected chi connectivity index (χ3v) is 5.40. The van der Waals surface area contributed by atoms with Crippen LogP contribution in [0.5, 0.6) is 0 Å². The molecule has 0 bridgehead atoms. The average Bonchev–Trinajstić information content (AvgIpc) is 3.18. The number of urea groups is 1. The molecular weight excluding hydrogens is 300 g/mol. The Morgan fingerprint density at radius 2 is 2.17 bits per heavy atom. The molecule has 0 unspecified atom stereocenters. The van der Waals surface area contributed by atoms with Crippen molar-refractivity contribution in [3.05, 3.63) is 59.2 Å². The zero-order valence-corrected chi connectivity index (χ0v) is 13.9. The van der Waals surface area contributed by atoms with Gasteiger partial charge < -0.3 is 10.6 Å².